The molecule has 1 saturated carbocycles. The molecule has 2 aliphatic rings. The molecule has 2 rings (SSSR count). The zero-order valence-corrected chi connectivity index (χ0v) is 6.77. The van der Waals surface area contributed by atoms with E-state index in [0.717, 1.165) is 19.3 Å². The molecule has 4 heteroatoms. The molecule has 1 fully saturated rings. The second-order valence-corrected chi connectivity index (χ2v) is 3.49. The number of nitro groups is 1. The van der Waals surface area contributed by atoms with Crippen LogP contribution in [0.4, 0.5) is 0 Å². The summed E-state index contributed by atoms with van der Waals surface area (Å²) in [5.74, 6) is 0.133. The van der Waals surface area contributed by atoms with E-state index in [0.29, 0.717) is 6.04 Å². The lowest BCUT2D eigenvalue weighted by molar-refractivity contribution is -0.533. The van der Waals surface area contributed by atoms with Crippen LogP contribution in [0.3, 0.4) is 0 Å². The van der Waals surface area contributed by atoms with Gasteiger partial charge in [-0.1, -0.05) is 6.08 Å². The Morgan fingerprint density at radius 2 is 2.33 bits per heavy atom. The van der Waals surface area contributed by atoms with Crippen LogP contribution in [0.2, 0.25) is 0 Å². The smallest absolute Gasteiger partial charge is 0.221 e. The lowest BCUT2D eigenvalue weighted by Crippen LogP contribution is -2.42. The molecule has 3 unspecified atom stereocenters. The zero-order valence-electron chi connectivity index (χ0n) is 6.77. The van der Waals surface area contributed by atoms with E-state index in [-0.39, 0.29) is 16.9 Å². The van der Waals surface area contributed by atoms with Gasteiger partial charge in [0.05, 0.1) is 5.92 Å². The molecular formula is C8H12N2O2. The Labute approximate surface area is 70.8 Å². The molecule has 1 aliphatic carbocycles. The standard InChI is InChI=1S/C8H12N2O2/c11-10(12)8-3-1-2-7-6(8)4-5-9-7/h4-9H,1-3H2. The number of hydrogen-bond acceptors (Lipinski definition) is 3. The molecule has 3 atom stereocenters. The molecular weight excluding hydrogens is 156 g/mol. The van der Waals surface area contributed by atoms with Crippen molar-refractivity contribution >= 4 is 0 Å². The zero-order chi connectivity index (χ0) is 8.55. The lowest BCUT2D eigenvalue weighted by Gasteiger charge is -2.27. The van der Waals surface area contributed by atoms with Crippen molar-refractivity contribution in [2.75, 3.05) is 0 Å². The lowest BCUT2D eigenvalue weighted by atomic mass is 9.82. The molecule has 1 heterocycles. The van der Waals surface area contributed by atoms with Gasteiger partial charge in [-0.3, -0.25) is 10.1 Å². The second-order valence-electron chi connectivity index (χ2n) is 3.49. The van der Waals surface area contributed by atoms with Crippen molar-refractivity contribution in [2.24, 2.45) is 5.92 Å². The minimum Gasteiger partial charge on any atom is -0.388 e. The van der Waals surface area contributed by atoms with Gasteiger partial charge < -0.3 is 5.32 Å². The van der Waals surface area contributed by atoms with Gasteiger partial charge in [0.2, 0.25) is 6.04 Å². The van der Waals surface area contributed by atoms with E-state index in [1.54, 1.807) is 0 Å². The Hall–Kier alpha value is -1.06. The quantitative estimate of drug-likeness (QED) is 0.468. The predicted octanol–water partition coefficient (Wildman–Crippen LogP) is 0.917. The number of fused-ring (bicyclic) bond motifs is 1. The Morgan fingerprint density at radius 3 is 3.08 bits per heavy atom. The van der Waals surface area contributed by atoms with Crippen LogP contribution < -0.4 is 5.32 Å². The van der Waals surface area contributed by atoms with Crippen LogP contribution in [0.1, 0.15) is 19.3 Å². The SMILES string of the molecule is O=[N+]([O-])C1CCCC2NC=CC21. The van der Waals surface area contributed by atoms with E-state index in [1.165, 1.54) is 0 Å². The van der Waals surface area contributed by atoms with Crippen molar-refractivity contribution in [1.29, 1.82) is 0 Å². The maximum absolute atomic E-state index is 10.6. The van der Waals surface area contributed by atoms with Crippen molar-refractivity contribution < 1.29 is 4.92 Å². The maximum Gasteiger partial charge on any atom is 0.221 e. The summed E-state index contributed by atoms with van der Waals surface area (Å²) in [6.45, 7) is 0. The van der Waals surface area contributed by atoms with Gasteiger partial charge in [0.1, 0.15) is 0 Å². The van der Waals surface area contributed by atoms with Crippen LogP contribution in [0.15, 0.2) is 12.3 Å². The first kappa shape index (κ1) is 7.58. The third-order valence-electron chi connectivity index (χ3n) is 2.82. The van der Waals surface area contributed by atoms with E-state index >= 15 is 0 Å². The third kappa shape index (κ3) is 1.07. The summed E-state index contributed by atoms with van der Waals surface area (Å²) < 4.78 is 0. The summed E-state index contributed by atoms with van der Waals surface area (Å²) in [5.41, 5.74) is 0. The molecule has 0 radical (unpaired) electrons. The Kier molecular flexibility index (Phi) is 1.75. The van der Waals surface area contributed by atoms with Gasteiger partial charge in [-0.15, -0.1) is 0 Å². The molecule has 12 heavy (non-hydrogen) atoms. The first-order valence-corrected chi connectivity index (χ1v) is 4.35. The van der Waals surface area contributed by atoms with Crippen molar-refractivity contribution in [1.82, 2.24) is 5.32 Å². The fraction of sp³-hybridized carbons (Fsp3) is 0.750. The molecule has 0 amide bonds. The average Bonchev–Trinajstić information content (AvgIpc) is 2.49. The predicted molar refractivity (Wildman–Crippen MR) is 44.2 cm³/mol. The van der Waals surface area contributed by atoms with Gasteiger partial charge in [0.15, 0.2) is 0 Å². The summed E-state index contributed by atoms with van der Waals surface area (Å²) in [6.07, 6.45) is 6.58. The van der Waals surface area contributed by atoms with Gasteiger partial charge in [-0.25, -0.2) is 0 Å². The highest BCUT2D eigenvalue weighted by Gasteiger charge is 2.40. The van der Waals surface area contributed by atoms with Gasteiger partial charge in [0, 0.05) is 17.4 Å². The molecule has 4 nitrogen and oxygen atoms in total. The van der Waals surface area contributed by atoms with E-state index in [2.05, 4.69) is 5.32 Å². The van der Waals surface area contributed by atoms with Crippen molar-refractivity contribution in [3.8, 4) is 0 Å². The normalized spacial score (nSPS) is 38.8. The molecule has 0 aromatic carbocycles. The van der Waals surface area contributed by atoms with E-state index in [9.17, 15) is 10.1 Å². The van der Waals surface area contributed by atoms with Crippen molar-refractivity contribution in [3.05, 3.63) is 22.4 Å². The number of nitrogens with one attached hydrogen (secondary N) is 1. The summed E-state index contributed by atoms with van der Waals surface area (Å²) in [6, 6.07) is -0.0239. The fourth-order valence-electron chi connectivity index (χ4n) is 2.19. The van der Waals surface area contributed by atoms with Gasteiger partial charge in [0.25, 0.3) is 0 Å². The van der Waals surface area contributed by atoms with Crippen LogP contribution in [-0.4, -0.2) is 17.0 Å². The first-order chi connectivity index (χ1) is 5.79. The highest BCUT2D eigenvalue weighted by molar-refractivity contribution is 5.07. The highest BCUT2D eigenvalue weighted by Crippen LogP contribution is 2.30. The van der Waals surface area contributed by atoms with Crippen LogP contribution in [0.5, 0.6) is 0 Å². The van der Waals surface area contributed by atoms with Crippen molar-refractivity contribution in [3.63, 3.8) is 0 Å². The number of nitrogens with zero attached hydrogens (tertiary/aromatic N) is 1. The molecule has 0 saturated heterocycles. The molecule has 1 aliphatic heterocycles. The Bertz CT molecular complexity index is 227. The summed E-state index contributed by atoms with van der Waals surface area (Å²) in [4.78, 5) is 10.5. The minimum atomic E-state index is -0.352. The van der Waals surface area contributed by atoms with E-state index < -0.39 is 0 Å². The van der Waals surface area contributed by atoms with Crippen LogP contribution >= 0.6 is 0 Å². The van der Waals surface area contributed by atoms with Crippen LogP contribution in [-0.2, 0) is 0 Å². The Balaban J connectivity index is 2.13. The molecule has 0 spiro atoms. The number of hydrogen-bond donors (Lipinski definition) is 1. The topological polar surface area (TPSA) is 55.2 Å². The van der Waals surface area contributed by atoms with Crippen molar-refractivity contribution in [2.45, 2.75) is 31.3 Å². The molecule has 66 valence electrons. The molecule has 0 bridgehead atoms. The number of rotatable bonds is 1. The Morgan fingerprint density at radius 1 is 1.50 bits per heavy atom. The van der Waals surface area contributed by atoms with Gasteiger partial charge >= 0.3 is 0 Å². The summed E-state index contributed by atoms with van der Waals surface area (Å²) in [5, 5.41) is 13.8. The van der Waals surface area contributed by atoms with Crippen LogP contribution in [0, 0.1) is 16.0 Å². The molecule has 0 aromatic heterocycles. The summed E-state index contributed by atoms with van der Waals surface area (Å²) >= 11 is 0. The fourth-order valence-corrected chi connectivity index (χ4v) is 2.19. The van der Waals surface area contributed by atoms with Gasteiger partial charge in [-0.2, -0.15) is 0 Å². The largest absolute Gasteiger partial charge is 0.388 e. The van der Waals surface area contributed by atoms with E-state index in [4.69, 9.17) is 0 Å². The second kappa shape index (κ2) is 2.77. The molecule has 0 aromatic rings. The van der Waals surface area contributed by atoms with Crippen LogP contribution in [0.25, 0.3) is 0 Å². The monoisotopic (exact) mass is 168 g/mol. The van der Waals surface area contributed by atoms with E-state index in [1.807, 2.05) is 12.3 Å². The third-order valence-corrected chi connectivity index (χ3v) is 2.82. The maximum atomic E-state index is 10.6. The highest BCUT2D eigenvalue weighted by atomic mass is 16.6. The van der Waals surface area contributed by atoms with Gasteiger partial charge in [-0.05, 0) is 19.0 Å². The summed E-state index contributed by atoms with van der Waals surface area (Å²) in [7, 11) is 0. The molecule has 1 N–H and O–H groups in total. The average molecular weight is 168 g/mol. The first-order valence-electron chi connectivity index (χ1n) is 4.35. The minimum absolute atomic E-state index is 0.131.